The molecule has 1 aliphatic heterocycles. The topological polar surface area (TPSA) is 67.5 Å². The van der Waals surface area contributed by atoms with Crippen molar-refractivity contribution in [3.63, 3.8) is 0 Å². The lowest BCUT2D eigenvalue weighted by Gasteiger charge is -2.26. The van der Waals surface area contributed by atoms with Gasteiger partial charge in [0.1, 0.15) is 5.76 Å². The van der Waals surface area contributed by atoms with Crippen molar-refractivity contribution in [3.05, 3.63) is 22.2 Å². The first kappa shape index (κ1) is 14.0. The molecule has 19 heavy (non-hydrogen) atoms. The molecule has 0 spiro atoms. The van der Waals surface area contributed by atoms with E-state index in [9.17, 15) is 9.59 Å². The number of hydrogen-bond acceptors (Lipinski definition) is 5. The van der Waals surface area contributed by atoms with Crippen molar-refractivity contribution >= 4 is 5.91 Å². The Kier molecular flexibility index (Phi) is 4.55. The molecule has 0 radical (unpaired) electrons. The molecule has 1 atom stereocenters. The number of carbonyl (C=O) groups is 1. The fourth-order valence-corrected chi connectivity index (χ4v) is 2.49. The Balaban J connectivity index is 2.06. The average Bonchev–Trinajstić information content (AvgIpc) is 2.98. The summed E-state index contributed by atoms with van der Waals surface area (Å²) >= 11 is 0. The van der Waals surface area contributed by atoms with Crippen molar-refractivity contribution in [2.45, 2.75) is 32.7 Å². The molecule has 1 N–H and O–H groups in total. The summed E-state index contributed by atoms with van der Waals surface area (Å²) in [6.07, 6.45) is 2.02. The first-order chi connectivity index (χ1) is 9.11. The maximum Gasteiger partial charge on any atom is 0.290 e. The summed E-state index contributed by atoms with van der Waals surface area (Å²) in [4.78, 5) is 25.8. The Hall–Kier alpha value is -1.40. The van der Waals surface area contributed by atoms with E-state index in [-0.39, 0.29) is 18.0 Å². The van der Waals surface area contributed by atoms with Crippen LogP contribution in [0.5, 0.6) is 0 Å². The summed E-state index contributed by atoms with van der Waals surface area (Å²) in [5.41, 5.74) is -0.386. The Bertz CT molecular complexity index is 486. The highest BCUT2D eigenvalue weighted by atomic mass is 16.5. The number of aromatic nitrogens is 1. The van der Waals surface area contributed by atoms with Crippen molar-refractivity contribution in [1.82, 2.24) is 15.0 Å². The van der Waals surface area contributed by atoms with Crippen molar-refractivity contribution in [2.24, 2.45) is 0 Å². The third kappa shape index (κ3) is 3.33. The summed E-state index contributed by atoms with van der Waals surface area (Å²) in [6, 6.07) is 1.70. The first-order valence-corrected chi connectivity index (χ1v) is 6.79. The maximum absolute atomic E-state index is 12.1. The van der Waals surface area contributed by atoms with Gasteiger partial charge in [0.25, 0.3) is 11.5 Å². The molecule has 1 aromatic rings. The zero-order valence-electron chi connectivity index (χ0n) is 11.5. The van der Waals surface area contributed by atoms with E-state index in [0.29, 0.717) is 11.8 Å². The second kappa shape index (κ2) is 6.16. The summed E-state index contributed by atoms with van der Waals surface area (Å²) in [7, 11) is 0. The van der Waals surface area contributed by atoms with E-state index in [0.717, 1.165) is 37.2 Å². The van der Waals surface area contributed by atoms with Gasteiger partial charge >= 0.3 is 0 Å². The zero-order valence-corrected chi connectivity index (χ0v) is 11.5. The van der Waals surface area contributed by atoms with Crippen molar-refractivity contribution in [3.8, 4) is 0 Å². The van der Waals surface area contributed by atoms with E-state index < -0.39 is 0 Å². The van der Waals surface area contributed by atoms with Gasteiger partial charge in [-0.2, -0.15) is 0 Å². The summed E-state index contributed by atoms with van der Waals surface area (Å²) < 4.78 is 5.99. The number of nitrogens with one attached hydrogen (secondary N) is 1. The minimum Gasteiger partial charge on any atom is -0.373 e. The molecule has 1 unspecified atom stereocenters. The van der Waals surface area contributed by atoms with Crippen molar-refractivity contribution in [2.75, 3.05) is 26.2 Å². The summed E-state index contributed by atoms with van der Waals surface area (Å²) in [5, 5.41) is 3.29. The largest absolute Gasteiger partial charge is 0.373 e. The monoisotopic (exact) mass is 267 g/mol. The van der Waals surface area contributed by atoms with Crippen LogP contribution in [0, 0.1) is 6.92 Å². The number of hydrogen-bond donors (Lipinski definition) is 1. The Morgan fingerprint density at radius 1 is 1.63 bits per heavy atom. The van der Waals surface area contributed by atoms with Crippen LogP contribution in [0.2, 0.25) is 0 Å². The van der Waals surface area contributed by atoms with Gasteiger partial charge in [0.15, 0.2) is 0 Å². The van der Waals surface area contributed by atoms with E-state index in [1.807, 2.05) is 0 Å². The summed E-state index contributed by atoms with van der Waals surface area (Å²) in [5.74, 6) is 0.168. The predicted molar refractivity (Wildman–Crippen MR) is 71.5 cm³/mol. The predicted octanol–water partition coefficient (Wildman–Crippen LogP) is 0.464. The minimum absolute atomic E-state index is 0.229. The molecule has 1 saturated heterocycles. The van der Waals surface area contributed by atoms with Crippen LogP contribution >= 0.6 is 0 Å². The molecule has 0 bridgehead atoms. The lowest BCUT2D eigenvalue weighted by atomic mass is 10.2. The molecule has 0 amide bonds. The number of aryl methyl sites for hydroxylation is 1. The molecular formula is C13H21N3O3. The molecule has 1 aromatic heterocycles. The maximum atomic E-state index is 12.1. The van der Waals surface area contributed by atoms with E-state index in [4.69, 9.17) is 4.52 Å². The minimum atomic E-state index is -0.386. The summed E-state index contributed by atoms with van der Waals surface area (Å²) in [6.45, 7) is 6.72. The quantitative estimate of drug-likeness (QED) is 0.839. The van der Waals surface area contributed by atoms with Gasteiger partial charge in [0.05, 0.1) is 6.54 Å². The van der Waals surface area contributed by atoms with Crippen LogP contribution in [0.1, 0.15) is 30.3 Å². The van der Waals surface area contributed by atoms with E-state index in [1.54, 1.807) is 6.92 Å². The Morgan fingerprint density at radius 3 is 2.95 bits per heavy atom. The second-order valence-corrected chi connectivity index (χ2v) is 4.99. The molecule has 6 nitrogen and oxygen atoms in total. The number of rotatable bonds is 5. The molecule has 1 fully saturated rings. The van der Waals surface area contributed by atoms with Gasteiger partial charge in [0, 0.05) is 18.7 Å². The van der Waals surface area contributed by atoms with Crippen LogP contribution in [0.25, 0.3) is 0 Å². The highest BCUT2D eigenvalue weighted by Gasteiger charge is 2.25. The highest BCUT2D eigenvalue weighted by molar-refractivity contribution is 5.79. The third-order valence-corrected chi connectivity index (χ3v) is 3.39. The van der Waals surface area contributed by atoms with Crippen molar-refractivity contribution < 1.29 is 9.32 Å². The van der Waals surface area contributed by atoms with Crippen LogP contribution in [0.4, 0.5) is 0 Å². The van der Waals surface area contributed by atoms with Gasteiger partial charge in [-0.05, 0) is 32.9 Å². The van der Waals surface area contributed by atoms with E-state index >= 15 is 0 Å². The zero-order chi connectivity index (χ0) is 13.8. The highest BCUT2D eigenvalue weighted by Crippen LogP contribution is 2.09. The van der Waals surface area contributed by atoms with Crippen LogP contribution in [0.3, 0.4) is 0 Å². The van der Waals surface area contributed by atoms with Gasteiger partial charge in [-0.3, -0.25) is 14.5 Å². The fraction of sp³-hybridized carbons (Fsp3) is 0.692. The van der Waals surface area contributed by atoms with Crippen LogP contribution < -0.4 is 10.9 Å². The van der Waals surface area contributed by atoms with Gasteiger partial charge in [-0.1, -0.05) is 6.92 Å². The molecule has 106 valence electrons. The first-order valence-electron chi connectivity index (χ1n) is 6.79. The molecule has 2 heterocycles. The van der Waals surface area contributed by atoms with Crippen LogP contribution in [0.15, 0.2) is 15.4 Å². The Morgan fingerprint density at radius 2 is 2.42 bits per heavy atom. The fourth-order valence-electron chi connectivity index (χ4n) is 2.49. The van der Waals surface area contributed by atoms with Gasteiger partial charge in [0.2, 0.25) is 0 Å². The van der Waals surface area contributed by atoms with E-state index in [1.165, 1.54) is 6.07 Å². The normalized spacial score (nSPS) is 19.2. The van der Waals surface area contributed by atoms with Crippen molar-refractivity contribution in [1.29, 1.82) is 0 Å². The Labute approximate surface area is 112 Å². The number of nitrogens with zero attached hydrogens (tertiary/aromatic N) is 2. The molecule has 0 saturated carbocycles. The molecule has 0 aliphatic carbocycles. The third-order valence-electron chi connectivity index (χ3n) is 3.39. The smallest absolute Gasteiger partial charge is 0.290 e. The van der Waals surface area contributed by atoms with E-state index in [2.05, 4.69) is 17.1 Å². The van der Waals surface area contributed by atoms with Crippen LogP contribution in [-0.4, -0.2) is 47.8 Å². The molecule has 0 aromatic carbocycles. The molecule has 2 rings (SSSR count). The lowest BCUT2D eigenvalue weighted by molar-refractivity contribution is 0.0684. The second-order valence-electron chi connectivity index (χ2n) is 4.99. The molecular weight excluding hydrogens is 246 g/mol. The standard InChI is InChI=1S/C13H21N3O3/c1-3-6-15(11-4-5-14-8-11)9-13(18)16-12(17)7-10(2)19-16/h7,11,14H,3-6,8-9H2,1-2H3. The van der Waals surface area contributed by atoms with Gasteiger partial charge < -0.3 is 9.84 Å². The van der Waals surface area contributed by atoms with Gasteiger partial charge in [-0.25, -0.2) is 0 Å². The molecule has 1 aliphatic rings. The lowest BCUT2D eigenvalue weighted by Crippen LogP contribution is -2.43. The van der Waals surface area contributed by atoms with Gasteiger partial charge in [-0.15, -0.1) is 4.74 Å². The number of carbonyl (C=O) groups excluding carboxylic acids is 1. The average molecular weight is 267 g/mol. The van der Waals surface area contributed by atoms with Crippen LogP contribution in [-0.2, 0) is 0 Å². The SMILES string of the molecule is CCCN(CC(=O)n1oc(C)cc1=O)C1CCNC1. The molecule has 6 heteroatoms.